The van der Waals surface area contributed by atoms with Crippen molar-refractivity contribution in [2.45, 2.75) is 25.5 Å². The van der Waals surface area contributed by atoms with Crippen LogP contribution in [-0.4, -0.2) is 29.5 Å². The second-order valence-electron chi connectivity index (χ2n) is 4.21. The number of amides is 1. The van der Waals surface area contributed by atoms with E-state index in [9.17, 15) is 14.7 Å². The molecular weight excluding hydrogens is 234 g/mol. The predicted molar refractivity (Wildman–Crippen MR) is 62.0 cm³/mol. The summed E-state index contributed by atoms with van der Waals surface area (Å²) in [5, 5.41) is 10.8. The minimum absolute atomic E-state index is 0.149. The average molecular weight is 248 g/mol. The summed E-state index contributed by atoms with van der Waals surface area (Å²) < 4.78 is 5.09. The van der Waals surface area contributed by atoms with Crippen LogP contribution < -0.4 is 0 Å². The summed E-state index contributed by atoms with van der Waals surface area (Å²) in [6.45, 7) is 0.558. The Hall–Kier alpha value is -2.04. The lowest BCUT2D eigenvalue weighted by Crippen LogP contribution is -2.40. The Balaban J connectivity index is 1.90. The van der Waals surface area contributed by atoms with Gasteiger partial charge in [-0.25, -0.2) is 14.7 Å². The highest BCUT2D eigenvalue weighted by Gasteiger charge is 2.36. The van der Waals surface area contributed by atoms with Gasteiger partial charge in [-0.2, -0.15) is 0 Å². The van der Waals surface area contributed by atoms with Crippen molar-refractivity contribution in [1.29, 1.82) is 0 Å². The van der Waals surface area contributed by atoms with Gasteiger partial charge in [-0.05, 0) is 18.4 Å². The molecule has 5 nitrogen and oxygen atoms in total. The number of hydrogen-bond donors (Lipinski definition) is 0. The highest BCUT2D eigenvalue weighted by Crippen LogP contribution is 2.19. The second-order valence-corrected chi connectivity index (χ2v) is 4.21. The summed E-state index contributed by atoms with van der Waals surface area (Å²) in [7, 11) is 0. The van der Waals surface area contributed by atoms with Crippen LogP contribution in [0, 0.1) is 0 Å². The van der Waals surface area contributed by atoms with Crippen LogP contribution in [0.2, 0.25) is 0 Å². The molecule has 1 aliphatic rings. The molecule has 0 spiro atoms. The number of likely N-dealkylation sites (tertiary alicyclic amines) is 1. The SMILES string of the molecule is [O]C(=O)[C@@H]1CCCN1C(=O)OCc1ccccc1. The molecule has 18 heavy (non-hydrogen) atoms. The van der Waals surface area contributed by atoms with E-state index in [0.717, 1.165) is 5.56 Å². The second kappa shape index (κ2) is 5.53. The molecule has 1 fully saturated rings. The summed E-state index contributed by atoms with van der Waals surface area (Å²) >= 11 is 0. The van der Waals surface area contributed by atoms with Gasteiger partial charge in [0, 0.05) is 6.54 Å². The van der Waals surface area contributed by atoms with Crippen LogP contribution in [0.3, 0.4) is 0 Å². The molecule has 0 unspecified atom stereocenters. The Bertz CT molecular complexity index is 432. The Morgan fingerprint density at radius 1 is 1.28 bits per heavy atom. The third-order valence-corrected chi connectivity index (χ3v) is 2.96. The van der Waals surface area contributed by atoms with Gasteiger partial charge < -0.3 is 4.74 Å². The van der Waals surface area contributed by atoms with Gasteiger partial charge in [0.05, 0.1) is 0 Å². The molecule has 0 aromatic heterocycles. The van der Waals surface area contributed by atoms with Gasteiger partial charge in [0.25, 0.3) is 0 Å². The molecular formula is C13H14NO4. The lowest BCUT2D eigenvalue weighted by Gasteiger charge is -2.19. The zero-order chi connectivity index (χ0) is 13.0. The van der Waals surface area contributed by atoms with Crippen molar-refractivity contribution in [3.05, 3.63) is 35.9 Å². The zero-order valence-electron chi connectivity index (χ0n) is 9.87. The third-order valence-electron chi connectivity index (χ3n) is 2.96. The van der Waals surface area contributed by atoms with Crippen molar-refractivity contribution in [3.63, 3.8) is 0 Å². The van der Waals surface area contributed by atoms with E-state index >= 15 is 0 Å². The number of nitrogens with zero attached hydrogens (tertiary/aromatic N) is 1. The standard InChI is InChI=1S/C13H14NO4/c15-12(16)11-7-4-8-14(11)13(17)18-9-10-5-2-1-3-6-10/h1-3,5-6,11H,4,7-9H2/t11-/m0/s1. The first kappa shape index (κ1) is 12.4. The topological polar surface area (TPSA) is 66.5 Å². The molecule has 0 N–H and O–H groups in total. The minimum atomic E-state index is -1.22. The zero-order valence-corrected chi connectivity index (χ0v) is 9.87. The van der Waals surface area contributed by atoms with Gasteiger partial charge in [-0.3, -0.25) is 4.90 Å². The van der Waals surface area contributed by atoms with Gasteiger partial charge in [0.1, 0.15) is 12.6 Å². The van der Waals surface area contributed by atoms with Gasteiger partial charge >= 0.3 is 12.1 Å². The van der Waals surface area contributed by atoms with Gasteiger partial charge in [0.15, 0.2) is 0 Å². The first-order valence-electron chi connectivity index (χ1n) is 5.86. The molecule has 0 bridgehead atoms. The van der Waals surface area contributed by atoms with E-state index < -0.39 is 18.1 Å². The number of carbonyl (C=O) groups is 2. The normalized spacial score (nSPS) is 18.7. The van der Waals surface area contributed by atoms with Crippen molar-refractivity contribution in [2.75, 3.05) is 6.54 Å². The van der Waals surface area contributed by atoms with Crippen LogP contribution in [0.5, 0.6) is 0 Å². The van der Waals surface area contributed by atoms with E-state index in [2.05, 4.69) is 0 Å². The molecule has 1 heterocycles. The van der Waals surface area contributed by atoms with Crippen LogP contribution in [-0.2, 0) is 21.2 Å². The maximum Gasteiger partial charge on any atom is 0.410 e. The van der Waals surface area contributed by atoms with E-state index in [1.54, 1.807) is 0 Å². The average Bonchev–Trinajstić information content (AvgIpc) is 2.86. The van der Waals surface area contributed by atoms with Crippen LogP contribution in [0.4, 0.5) is 4.79 Å². The van der Waals surface area contributed by atoms with E-state index in [0.29, 0.717) is 19.4 Å². The third kappa shape index (κ3) is 2.80. The lowest BCUT2D eigenvalue weighted by molar-refractivity contribution is -0.148. The maximum absolute atomic E-state index is 11.7. The summed E-state index contributed by atoms with van der Waals surface area (Å²) in [5.41, 5.74) is 0.870. The molecule has 5 heteroatoms. The van der Waals surface area contributed by atoms with Gasteiger partial charge in [-0.15, -0.1) is 0 Å². The lowest BCUT2D eigenvalue weighted by atomic mass is 10.2. The van der Waals surface area contributed by atoms with Crippen LogP contribution in [0.15, 0.2) is 30.3 Å². The summed E-state index contributed by atoms with van der Waals surface area (Å²) in [5.74, 6) is -1.22. The molecule has 1 saturated heterocycles. The molecule has 1 aromatic rings. The van der Waals surface area contributed by atoms with Crippen molar-refractivity contribution in [3.8, 4) is 0 Å². The van der Waals surface area contributed by atoms with E-state index in [1.807, 2.05) is 30.3 Å². The number of benzene rings is 1. The predicted octanol–water partition coefficient (Wildman–Crippen LogP) is 1.74. The molecule has 95 valence electrons. The molecule has 1 aliphatic heterocycles. The van der Waals surface area contributed by atoms with Crippen LogP contribution in [0.1, 0.15) is 18.4 Å². The number of ether oxygens (including phenoxy) is 1. The number of hydrogen-bond acceptors (Lipinski definition) is 3. The maximum atomic E-state index is 11.7. The molecule has 0 aliphatic carbocycles. The van der Waals surface area contributed by atoms with Gasteiger partial charge in [0.2, 0.25) is 0 Å². The Morgan fingerprint density at radius 3 is 2.67 bits per heavy atom. The highest BCUT2D eigenvalue weighted by atomic mass is 16.6. The van der Waals surface area contributed by atoms with Crippen molar-refractivity contribution in [2.24, 2.45) is 0 Å². The van der Waals surface area contributed by atoms with Crippen molar-refractivity contribution < 1.29 is 19.4 Å². The molecule has 1 radical (unpaired) electrons. The van der Waals surface area contributed by atoms with Crippen LogP contribution in [0.25, 0.3) is 0 Å². The first-order valence-corrected chi connectivity index (χ1v) is 5.86. The summed E-state index contributed by atoms with van der Waals surface area (Å²) in [6, 6.07) is 8.40. The first-order chi connectivity index (χ1) is 8.68. The molecule has 2 rings (SSSR count). The van der Waals surface area contributed by atoms with Gasteiger partial charge in [-0.1, -0.05) is 30.3 Å². The summed E-state index contributed by atoms with van der Waals surface area (Å²) in [6.07, 6.45) is 0.507. The van der Waals surface area contributed by atoms with Crippen molar-refractivity contribution in [1.82, 2.24) is 4.90 Å². The monoisotopic (exact) mass is 248 g/mol. The fourth-order valence-electron chi connectivity index (χ4n) is 2.03. The number of rotatable bonds is 3. The fourth-order valence-corrected chi connectivity index (χ4v) is 2.03. The fraction of sp³-hybridized carbons (Fsp3) is 0.385. The molecule has 1 aromatic carbocycles. The molecule has 0 saturated carbocycles. The Kier molecular flexibility index (Phi) is 3.82. The van der Waals surface area contributed by atoms with E-state index in [4.69, 9.17) is 4.74 Å². The van der Waals surface area contributed by atoms with E-state index in [1.165, 1.54) is 4.90 Å². The van der Waals surface area contributed by atoms with Crippen LogP contribution >= 0.6 is 0 Å². The smallest absolute Gasteiger partial charge is 0.410 e. The Labute approximate surface area is 105 Å². The minimum Gasteiger partial charge on any atom is -0.445 e. The quantitative estimate of drug-likeness (QED) is 0.818. The summed E-state index contributed by atoms with van der Waals surface area (Å²) in [4.78, 5) is 23.8. The molecule has 1 atom stereocenters. The Morgan fingerprint density at radius 2 is 2.00 bits per heavy atom. The van der Waals surface area contributed by atoms with E-state index in [-0.39, 0.29) is 6.61 Å². The highest BCUT2D eigenvalue weighted by molar-refractivity contribution is 5.80. The molecule has 1 amide bonds. The number of carbonyl (C=O) groups excluding carboxylic acids is 2. The largest absolute Gasteiger partial charge is 0.445 e. The van der Waals surface area contributed by atoms with Crippen molar-refractivity contribution >= 4 is 12.1 Å².